The van der Waals surface area contributed by atoms with Crippen molar-refractivity contribution in [2.75, 3.05) is 6.54 Å². The largest absolute Gasteiger partial charge is 0.354 e. The highest BCUT2D eigenvalue weighted by atomic mass is 16.2. The van der Waals surface area contributed by atoms with Crippen LogP contribution in [0.2, 0.25) is 0 Å². The monoisotopic (exact) mass is 284 g/mol. The molecule has 1 spiro atoms. The summed E-state index contributed by atoms with van der Waals surface area (Å²) in [6.07, 6.45) is 4.66. The predicted octanol–water partition coefficient (Wildman–Crippen LogP) is 1.29. The van der Waals surface area contributed by atoms with Gasteiger partial charge in [-0.25, -0.2) is 0 Å². The van der Waals surface area contributed by atoms with Crippen molar-refractivity contribution in [1.29, 1.82) is 0 Å². The third-order valence-corrected chi connectivity index (χ3v) is 5.46. The number of benzene rings is 1. The minimum Gasteiger partial charge on any atom is -0.354 e. The maximum absolute atomic E-state index is 12.0. The van der Waals surface area contributed by atoms with Gasteiger partial charge in [0.05, 0.1) is 0 Å². The number of carbonyl (C=O) groups excluding carboxylic acids is 2. The second-order valence-electron chi connectivity index (χ2n) is 6.62. The molecule has 1 aliphatic heterocycles. The summed E-state index contributed by atoms with van der Waals surface area (Å²) in [5.74, 6) is 0.527. The van der Waals surface area contributed by atoms with E-state index in [0.29, 0.717) is 24.2 Å². The molecule has 1 aromatic carbocycles. The molecule has 1 heterocycles. The number of hydrogen-bond donors (Lipinski definition) is 2. The summed E-state index contributed by atoms with van der Waals surface area (Å²) in [7, 11) is 0. The highest BCUT2D eigenvalue weighted by Gasteiger charge is 2.57. The molecule has 2 fully saturated rings. The van der Waals surface area contributed by atoms with Crippen molar-refractivity contribution in [2.24, 2.45) is 5.92 Å². The van der Waals surface area contributed by atoms with Crippen molar-refractivity contribution < 1.29 is 9.59 Å². The molecule has 1 saturated carbocycles. The molecule has 0 radical (unpaired) electrons. The maximum atomic E-state index is 12.0. The van der Waals surface area contributed by atoms with Gasteiger partial charge in [-0.1, -0.05) is 24.3 Å². The van der Waals surface area contributed by atoms with Crippen LogP contribution in [0.15, 0.2) is 24.3 Å². The quantitative estimate of drug-likeness (QED) is 0.878. The van der Waals surface area contributed by atoms with Crippen LogP contribution in [0.1, 0.15) is 36.8 Å². The summed E-state index contributed by atoms with van der Waals surface area (Å²) in [6.45, 7) is 0.736. The Kier molecular flexibility index (Phi) is 2.81. The highest BCUT2D eigenvalue weighted by molar-refractivity contribution is 5.90. The molecule has 4 heteroatoms. The molecule has 21 heavy (non-hydrogen) atoms. The van der Waals surface area contributed by atoms with E-state index < -0.39 is 0 Å². The van der Waals surface area contributed by atoms with Gasteiger partial charge in [-0.3, -0.25) is 9.59 Å². The molecule has 4 nitrogen and oxygen atoms in total. The summed E-state index contributed by atoms with van der Waals surface area (Å²) in [5.41, 5.74) is 3.30. The molecule has 2 N–H and O–H groups in total. The third-order valence-electron chi connectivity index (χ3n) is 5.46. The van der Waals surface area contributed by atoms with E-state index in [1.165, 1.54) is 30.4 Å². The fourth-order valence-electron chi connectivity index (χ4n) is 4.16. The average molecular weight is 284 g/mol. The van der Waals surface area contributed by atoms with Gasteiger partial charge < -0.3 is 10.6 Å². The number of amides is 2. The molecule has 4 rings (SSSR count). The van der Waals surface area contributed by atoms with Crippen LogP contribution in [0.25, 0.3) is 0 Å². The Morgan fingerprint density at radius 1 is 1.33 bits per heavy atom. The molecule has 2 aliphatic carbocycles. The number of fused-ring (bicyclic) bond motifs is 2. The summed E-state index contributed by atoms with van der Waals surface area (Å²) < 4.78 is 0. The lowest BCUT2D eigenvalue weighted by Gasteiger charge is -2.14. The van der Waals surface area contributed by atoms with Gasteiger partial charge in [0.2, 0.25) is 11.8 Å². The molecule has 1 saturated heterocycles. The second kappa shape index (κ2) is 4.58. The maximum Gasteiger partial charge on any atom is 0.242 e. The van der Waals surface area contributed by atoms with Gasteiger partial charge in [0, 0.05) is 18.4 Å². The van der Waals surface area contributed by atoms with Gasteiger partial charge in [-0.2, -0.15) is 0 Å². The van der Waals surface area contributed by atoms with Crippen LogP contribution in [0.4, 0.5) is 0 Å². The first-order chi connectivity index (χ1) is 10.2. The lowest BCUT2D eigenvalue weighted by atomic mass is 9.95. The summed E-state index contributed by atoms with van der Waals surface area (Å²) in [4.78, 5) is 23.2. The van der Waals surface area contributed by atoms with Crippen LogP contribution in [0.3, 0.4) is 0 Å². The Hall–Kier alpha value is -1.84. The fourth-order valence-corrected chi connectivity index (χ4v) is 4.16. The Morgan fingerprint density at radius 2 is 2.19 bits per heavy atom. The molecule has 0 aromatic heterocycles. The predicted molar refractivity (Wildman–Crippen MR) is 78.7 cm³/mol. The molecule has 0 unspecified atom stereocenters. The van der Waals surface area contributed by atoms with Crippen molar-refractivity contribution >= 4 is 11.8 Å². The Labute approximate surface area is 124 Å². The van der Waals surface area contributed by atoms with Crippen molar-refractivity contribution in [3.8, 4) is 0 Å². The van der Waals surface area contributed by atoms with Crippen LogP contribution in [0, 0.1) is 5.92 Å². The van der Waals surface area contributed by atoms with Gasteiger partial charge in [0.15, 0.2) is 0 Å². The van der Waals surface area contributed by atoms with Crippen LogP contribution in [-0.4, -0.2) is 24.4 Å². The van der Waals surface area contributed by atoms with Gasteiger partial charge in [0.1, 0.15) is 6.04 Å². The summed E-state index contributed by atoms with van der Waals surface area (Å²) in [6, 6.07) is 8.39. The lowest BCUT2D eigenvalue weighted by molar-refractivity contribution is -0.125. The first-order valence-electron chi connectivity index (χ1n) is 7.84. The van der Waals surface area contributed by atoms with Gasteiger partial charge in [0.25, 0.3) is 0 Å². The molecule has 3 aliphatic rings. The molecule has 0 bridgehead atoms. The molecule has 110 valence electrons. The van der Waals surface area contributed by atoms with Crippen molar-refractivity contribution in [2.45, 2.75) is 43.6 Å². The minimum atomic E-state index is -0.317. The molecule has 1 aromatic rings. The van der Waals surface area contributed by atoms with Gasteiger partial charge >= 0.3 is 0 Å². The molecule has 3 atom stereocenters. The second-order valence-corrected chi connectivity index (χ2v) is 6.62. The SMILES string of the molecule is O=C1CC[C@H](C(=O)NC[C@H]2C[C@]23CCc2ccccc23)N1. The fraction of sp³-hybridized carbons (Fsp3) is 0.529. The average Bonchev–Trinajstić information content (AvgIpc) is 2.81. The van der Waals surface area contributed by atoms with Crippen molar-refractivity contribution in [1.82, 2.24) is 10.6 Å². The van der Waals surface area contributed by atoms with Crippen LogP contribution in [0.5, 0.6) is 0 Å². The van der Waals surface area contributed by atoms with E-state index in [0.717, 1.165) is 6.54 Å². The topological polar surface area (TPSA) is 58.2 Å². The van der Waals surface area contributed by atoms with Crippen LogP contribution >= 0.6 is 0 Å². The Balaban J connectivity index is 1.36. The first kappa shape index (κ1) is 12.9. The number of aryl methyl sites for hydroxylation is 1. The first-order valence-corrected chi connectivity index (χ1v) is 7.84. The lowest BCUT2D eigenvalue weighted by Crippen LogP contribution is -2.42. The number of hydrogen-bond acceptors (Lipinski definition) is 2. The number of rotatable bonds is 3. The highest BCUT2D eigenvalue weighted by Crippen LogP contribution is 2.61. The number of nitrogens with one attached hydrogen (secondary N) is 2. The standard InChI is InChI=1S/C17H20N2O2/c20-15-6-5-14(19-15)16(21)18-10-12-9-17(12)8-7-11-3-1-2-4-13(11)17/h1-4,12,14H,5-10H2,(H,18,21)(H,19,20)/t12-,14-,17-/m1/s1. The molecular formula is C17H20N2O2. The van der Waals surface area contributed by atoms with E-state index in [1.807, 2.05) is 0 Å². The van der Waals surface area contributed by atoms with Crippen molar-refractivity contribution in [3.05, 3.63) is 35.4 Å². The van der Waals surface area contributed by atoms with Crippen LogP contribution in [-0.2, 0) is 21.4 Å². The third kappa shape index (κ3) is 2.04. The molecular weight excluding hydrogens is 264 g/mol. The van der Waals surface area contributed by atoms with Gasteiger partial charge in [-0.15, -0.1) is 0 Å². The zero-order chi connectivity index (χ0) is 14.4. The normalized spacial score (nSPS) is 32.9. The van der Waals surface area contributed by atoms with E-state index in [4.69, 9.17) is 0 Å². The summed E-state index contributed by atoms with van der Waals surface area (Å²) in [5, 5.41) is 5.76. The zero-order valence-electron chi connectivity index (χ0n) is 12.0. The van der Waals surface area contributed by atoms with E-state index in [1.54, 1.807) is 0 Å². The van der Waals surface area contributed by atoms with Crippen molar-refractivity contribution in [3.63, 3.8) is 0 Å². The van der Waals surface area contributed by atoms with E-state index in [-0.39, 0.29) is 17.9 Å². The Morgan fingerprint density at radius 3 is 3.00 bits per heavy atom. The minimum absolute atomic E-state index is 0.0113. The smallest absolute Gasteiger partial charge is 0.242 e. The Bertz CT molecular complexity index is 613. The van der Waals surface area contributed by atoms with E-state index in [9.17, 15) is 9.59 Å². The van der Waals surface area contributed by atoms with Gasteiger partial charge in [-0.05, 0) is 42.7 Å². The molecule has 2 amide bonds. The van der Waals surface area contributed by atoms with Crippen LogP contribution < -0.4 is 10.6 Å². The number of carbonyl (C=O) groups is 2. The van der Waals surface area contributed by atoms with E-state index in [2.05, 4.69) is 34.9 Å². The zero-order valence-corrected chi connectivity index (χ0v) is 12.0. The summed E-state index contributed by atoms with van der Waals surface area (Å²) >= 11 is 0. The van der Waals surface area contributed by atoms with E-state index >= 15 is 0 Å².